The number of rotatable bonds is 8. The number of anilines is 2. The third-order valence-corrected chi connectivity index (χ3v) is 5.17. The number of amides is 1. The van der Waals surface area contributed by atoms with Crippen LogP contribution in [0.1, 0.15) is 31.7 Å². The van der Waals surface area contributed by atoms with Gasteiger partial charge < -0.3 is 4.74 Å². The van der Waals surface area contributed by atoms with E-state index in [-0.39, 0.29) is 18.3 Å². The number of carbonyl (C=O) groups excluding carboxylic acids is 2. The number of carbonyl (C=O) groups is 2. The molecule has 3 rings (SSSR count). The smallest absolute Gasteiger partial charge is 0.311 e. The van der Waals surface area contributed by atoms with Gasteiger partial charge in [-0.25, -0.2) is 4.98 Å². The van der Waals surface area contributed by atoms with E-state index in [2.05, 4.69) is 4.98 Å². The van der Waals surface area contributed by atoms with Crippen LogP contribution in [0.15, 0.2) is 60.1 Å². The van der Waals surface area contributed by atoms with Crippen molar-refractivity contribution in [1.29, 1.82) is 0 Å². The van der Waals surface area contributed by atoms with Crippen LogP contribution < -0.4 is 9.64 Å². The maximum absolute atomic E-state index is 13.0. The molecular formula is C22H21ClN2O3S. The molecule has 3 aromatic rings. The first-order valence-corrected chi connectivity index (χ1v) is 10.6. The third kappa shape index (κ3) is 5.89. The maximum Gasteiger partial charge on any atom is 0.311 e. The Kier molecular flexibility index (Phi) is 7.38. The second kappa shape index (κ2) is 10.2. The van der Waals surface area contributed by atoms with Gasteiger partial charge in [-0.05, 0) is 54.8 Å². The highest BCUT2D eigenvalue weighted by Gasteiger charge is 2.20. The third-order valence-electron chi connectivity index (χ3n) is 4.16. The number of ether oxygens (including phenoxy) is 1. The van der Waals surface area contributed by atoms with Crippen molar-refractivity contribution in [1.82, 2.24) is 4.98 Å². The summed E-state index contributed by atoms with van der Waals surface area (Å²) in [4.78, 5) is 30.6. The van der Waals surface area contributed by atoms with E-state index in [0.717, 1.165) is 17.7 Å². The second-order valence-corrected chi connectivity index (χ2v) is 7.70. The van der Waals surface area contributed by atoms with Crippen LogP contribution in [0, 0.1) is 0 Å². The summed E-state index contributed by atoms with van der Waals surface area (Å²) in [5.41, 5.74) is 1.65. The summed E-state index contributed by atoms with van der Waals surface area (Å²) < 4.78 is 5.33. The van der Waals surface area contributed by atoms with Crippen LogP contribution in [-0.2, 0) is 16.0 Å². The van der Waals surface area contributed by atoms with Gasteiger partial charge in [-0.2, -0.15) is 0 Å². The average molecular weight is 429 g/mol. The minimum Gasteiger partial charge on any atom is -0.427 e. The number of hydrogen-bond acceptors (Lipinski definition) is 5. The number of hydrogen-bond donors (Lipinski definition) is 0. The number of aryl methyl sites for hydroxylation is 1. The van der Waals surface area contributed by atoms with Crippen LogP contribution in [-0.4, -0.2) is 16.9 Å². The van der Waals surface area contributed by atoms with E-state index in [1.165, 1.54) is 11.3 Å². The van der Waals surface area contributed by atoms with E-state index < -0.39 is 0 Å². The van der Waals surface area contributed by atoms with Crippen molar-refractivity contribution in [3.05, 3.63) is 70.7 Å². The molecular weight excluding hydrogens is 408 g/mol. The van der Waals surface area contributed by atoms with Gasteiger partial charge in [-0.1, -0.05) is 30.7 Å². The minimum absolute atomic E-state index is 0.0735. The normalized spacial score (nSPS) is 10.6. The maximum atomic E-state index is 13.0. The highest BCUT2D eigenvalue weighted by molar-refractivity contribution is 7.13. The van der Waals surface area contributed by atoms with Gasteiger partial charge in [-0.3, -0.25) is 14.5 Å². The largest absolute Gasteiger partial charge is 0.427 e. The highest BCUT2D eigenvalue weighted by Crippen LogP contribution is 2.29. The fraction of sp³-hybridized carbons (Fsp3) is 0.227. The van der Waals surface area contributed by atoms with Crippen LogP contribution in [0.2, 0.25) is 5.02 Å². The van der Waals surface area contributed by atoms with Crippen LogP contribution in [0.25, 0.3) is 0 Å². The fourth-order valence-corrected chi connectivity index (χ4v) is 3.60. The summed E-state index contributed by atoms with van der Waals surface area (Å²) in [6, 6.07) is 14.4. The Morgan fingerprint density at radius 1 is 1.14 bits per heavy atom. The Morgan fingerprint density at radius 2 is 1.93 bits per heavy atom. The molecule has 0 spiro atoms. The van der Waals surface area contributed by atoms with Crippen molar-refractivity contribution in [3.63, 3.8) is 0 Å². The molecule has 0 bridgehead atoms. The predicted octanol–water partition coefficient (Wildman–Crippen LogP) is 5.80. The second-order valence-electron chi connectivity index (χ2n) is 6.39. The summed E-state index contributed by atoms with van der Waals surface area (Å²) in [5.74, 6) is 0.178. The molecule has 5 nitrogen and oxygen atoms in total. The molecule has 29 heavy (non-hydrogen) atoms. The lowest BCUT2D eigenvalue weighted by Crippen LogP contribution is -2.26. The molecule has 0 saturated carbocycles. The van der Waals surface area contributed by atoms with Gasteiger partial charge in [0, 0.05) is 29.4 Å². The number of thiazole rings is 1. The Hall–Kier alpha value is -2.70. The number of benzene rings is 2. The number of aromatic nitrogens is 1. The Balaban J connectivity index is 1.71. The van der Waals surface area contributed by atoms with Crippen molar-refractivity contribution in [2.24, 2.45) is 0 Å². The van der Waals surface area contributed by atoms with Crippen molar-refractivity contribution >= 4 is 45.6 Å². The van der Waals surface area contributed by atoms with Crippen molar-refractivity contribution in [3.8, 4) is 5.75 Å². The van der Waals surface area contributed by atoms with Crippen molar-refractivity contribution < 1.29 is 14.3 Å². The Labute approximate surface area is 178 Å². The van der Waals surface area contributed by atoms with E-state index in [1.54, 1.807) is 47.5 Å². The molecule has 0 aliphatic rings. The molecule has 1 heterocycles. The summed E-state index contributed by atoms with van der Waals surface area (Å²) in [7, 11) is 0. The van der Waals surface area contributed by atoms with Crippen LogP contribution in [0.3, 0.4) is 0 Å². The molecule has 0 atom stereocenters. The van der Waals surface area contributed by atoms with E-state index in [9.17, 15) is 9.59 Å². The van der Waals surface area contributed by atoms with Crippen LogP contribution >= 0.6 is 22.9 Å². The van der Waals surface area contributed by atoms with E-state index >= 15 is 0 Å². The molecule has 0 unspecified atom stereocenters. The van der Waals surface area contributed by atoms with Gasteiger partial charge in [-0.15, -0.1) is 11.3 Å². The molecule has 1 aromatic heterocycles. The van der Waals surface area contributed by atoms with Gasteiger partial charge in [0.15, 0.2) is 5.13 Å². The molecule has 0 fully saturated rings. The van der Waals surface area contributed by atoms with Crippen LogP contribution in [0.4, 0.5) is 10.8 Å². The molecule has 0 radical (unpaired) electrons. The minimum atomic E-state index is -0.251. The molecule has 0 saturated heterocycles. The van der Waals surface area contributed by atoms with Gasteiger partial charge in [0.2, 0.25) is 5.91 Å². The molecule has 7 heteroatoms. The quantitative estimate of drug-likeness (QED) is 0.336. The Morgan fingerprint density at radius 3 is 2.62 bits per heavy atom. The zero-order chi connectivity index (χ0) is 20.6. The lowest BCUT2D eigenvalue weighted by Gasteiger charge is -2.20. The predicted molar refractivity (Wildman–Crippen MR) is 116 cm³/mol. The standard InChI is InChI=1S/C22H21ClN2O3S/c1-2-4-21(27)28-19-6-3-5-16(15-19)7-12-20(26)25(22-24-13-14-29-22)18-10-8-17(23)9-11-18/h3,5-6,8-11,13-15H,2,4,7,12H2,1H3. The zero-order valence-electron chi connectivity index (χ0n) is 16.0. The first-order chi connectivity index (χ1) is 14.1. The monoisotopic (exact) mass is 428 g/mol. The number of esters is 1. The fourth-order valence-electron chi connectivity index (χ4n) is 2.79. The molecule has 1 amide bonds. The topological polar surface area (TPSA) is 59.5 Å². The van der Waals surface area contributed by atoms with Crippen molar-refractivity contribution in [2.45, 2.75) is 32.6 Å². The van der Waals surface area contributed by atoms with Gasteiger partial charge >= 0.3 is 5.97 Å². The van der Waals surface area contributed by atoms with Gasteiger partial charge in [0.25, 0.3) is 0 Å². The molecule has 0 aliphatic heterocycles. The number of nitrogens with zero attached hydrogens (tertiary/aromatic N) is 2. The van der Waals surface area contributed by atoms with Crippen molar-refractivity contribution in [2.75, 3.05) is 4.90 Å². The summed E-state index contributed by atoms with van der Waals surface area (Å²) in [6.07, 6.45) is 3.60. The highest BCUT2D eigenvalue weighted by atomic mass is 35.5. The molecule has 0 N–H and O–H groups in total. The SMILES string of the molecule is CCCC(=O)Oc1cccc(CCC(=O)N(c2ccc(Cl)cc2)c2nccs2)c1. The summed E-state index contributed by atoms with van der Waals surface area (Å²) in [5, 5.41) is 3.05. The van der Waals surface area contributed by atoms with Crippen LogP contribution in [0.5, 0.6) is 5.75 Å². The Bertz CT molecular complexity index is 958. The average Bonchev–Trinajstić information content (AvgIpc) is 3.23. The zero-order valence-corrected chi connectivity index (χ0v) is 17.6. The van der Waals surface area contributed by atoms with E-state index in [0.29, 0.717) is 28.7 Å². The summed E-state index contributed by atoms with van der Waals surface area (Å²) in [6.45, 7) is 1.93. The first kappa shape index (κ1) is 21.0. The van der Waals surface area contributed by atoms with Gasteiger partial charge in [0.1, 0.15) is 5.75 Å². The van der Waals surface area contributed by atoms with E-state index in [4.69, 9.17) is 16.3 Å². The lowest BCUT2D eigenvalue weighted by molar-refractivity contribution is -0.134. The van der Waals surface area contributed by atoms with Gasteiger partial charge in [0.05, 0.1) is 5.69 Å². The number of halogens is 1. The van der Waals surface area contributed by atoms with E-state index in [1.807, 2.05) is 24.4 Å². The first-order valence-electron chi connectivity index (χ1n) is 9.34. The lowest BCUT2D eigenvalue weighted by atomic mass is 10.1. The molecule has 150 valence electrons. The summed E-state index contributed by atoms with van der Waals surface area (Å²) >= 11 is 7.38. The molecule has 0 aliphatic carbocycles. The molecule has 2 aromatic carbocycles.